The predicted molar refractivity (Wildman–Crippen MR) is 108 cm³/mol. The van der Waals surface area contributed by atoms with Gasteiger partial charge in [-0.05, 0) is 94.1 Å². The van der Waals surface area contributed by atoms with Crippen LogP contribution in [-0.2, 0) is 5.75 Å². The second kappa shape index (κ2) is 7.13. The van der Waals surface area contributed by atoms with Gasteiger partial charge in [-0.3, -0.25) is 9.78 Å². The van der Waals surface area contributed by atoms with Crippen molar-refractivity contribution in [2.24, 2.45) is 23.2 Å². The Hall–Kier alpha value is -1.54. The smallest absolute Gasteiger partial charge is 0.279 e. The average Bonchev–Trinajstić information content (AvgIpc) is 2.58. The lowest BCUT2D eigenvalue weighted by molar-refractivity contribution is -0.0677. The summed E-state index contributed by atoms with van der Waals surface area (Å²) in [4.78, 5) is 17.1. The maximum Gasteiger partial charge on any atom is 0.279 e. The molecule has 4 fully saturated rings. The van der Waals surface area contributed by atoms with Crippen LogP contribution >= 0.6 is 11.8 Å². The van der Waals surface area contributed by atoms with Crippen molar-refractivity contribution in [3.8, 4) is 6.07 Å². The second-order valence-corrected chi connectivity index (χ2v) is 10.2. The normalized spacial score (nSPS) is 32.1. The summed E-state index contributed by atoms with van der Waals surface area (Å²) in [5, 5.41) is 12.7. The molecule has 0 saturated heterocycles. The third kappa shape index (κ3) is 3.61. The summed E-state index contributed by atoms with van der Waals surface area (Å²) in [7, 11) is 0. The fraction of sp³-hybridized carbons (Fsp3) is 0.682. The van der Waals surface area contributed by atoms with Crippen molar-refractivity contribution in [2.75, 3.05) is 0 Å². The molecule has 0 spiro atoms. The van der Waals surface area contributed by atoms with Crippen LogP contribution in [0.2, 0.25) is 0 Å². The molecule has 1 aromatic rings. The Labute approximate surface area is 166 Å². The lowest BCUT2D eigenvalue weighted by Crippen LogP contribution is -2.55. The molecular formula is C22H29N3OS. The summed E-state index contributed by atoms with van der Waals surface area (Å²) in [6.45, 7) is 6.06. The Balaban J connectivity index is 1.38. The minimum atomic E-state index is 0.0168. The first kappa shape index (κ1) is 18.8. The van der Waals surface area contributed by atoms with Crippen molar-refractivity contribution in [1.29, 1.82) is 5.26 Å². The van der Waals surface area contributed by atoms with E-state index in [1.165, 1.54) is 50.3 Å². The summed E-state index contributed by atoms with van der Waals surface area (Å²) in [5.74, 6) is 3.12. The van der Waals surface area contributed by atoms with Gasteiger partial charge in [0.2, 0.25) is 0 Å². The Morgan fingerprint density at radius 2 is 1.89 bits per heavy atom. The highest BCUT2D eigenvalue weighted by Crippen LogP contribution is 2.61. The van der Waals surface area contributed by atoms with Crippen molar-refractivity contribution in [2.45, 2.75) is 71.1 Å². The largest absolute Gasteiger partial charge is 0.344 e. The van der Waals surface area contributed by atoms with E-state index < -0.39 is 0 Å². The van der Waals surface area contributed by atoms with Crippen LogP contribution in [0.15, 0.2) is 6.07 Å². The Morgan fingerprint density at radius 1 is 1.30 bits per heavy atom. The van der Waals surface area contributed by atoms with Gasteiger partial charge in [-0.2, -0.15) is 5.26 Å². The van der Waals surface area contributed by atoms with Crippen LogP contribution in [0, 0.1) is 48.3 Å². The number of aromatic nitrogens is 1. The molecule has 4 aliphatic carbocycles. The first-order valence-corrected chi connectivity index (χ1v) is 11.2. The molecule has 0 radical (unpaired) electrons. The Bertz CT molecular complexity index is 762. The van der Waals surface area contributed by atoms with E-state index in [-0.39, 0.29) is 11.3 Å². The molecule has 4 nitrogen and oxygen atoms in total. The number of nitrogens with zero attached hydrogens (tertiary/aromatic N) is 2. The molecule has 4 aliphatic rings. The molecular weight excluding hydrogens is 354 g/mol. The van der Waals surface area contributed by atoms with Gasteiger partial charge in [0.25, 0.3) is 5.24 Å². The van der Waals surface area contributed by atoms with Gasteiger partial charge in [0, 0.05) is 17.5 Å². The number of hydrogen-bond donors (Lipinski definition) is 1. The second-order valence-electron chi connectivity index (χ2n) is 9.24. The van der Waals surface area contributed by atoms with Crippen LogP contribution in [0.5, 0.6) is 0 Å². The number of thioether (sulfide) groups is 1. The molecule has 27 heavy (non-hydrogen) atoms. The van der Waals surface area contributed by atoms with Gasteiger partial charge in [0.05, 0.1) is 11.3 Å². The third-order valence-corrected chi connectivity index (χ3v) is 8.01. The average molecular weight is 384 g/mol. The van der Waals surface area contributed by atoms with Gasteiger partial charge < -0.3 is 5.32 Å². The maximum atomic E-state index is 12.6. The number of carbonyl (C=O) groups excluding carboxylic acids is 1. The molecule has 1 atom stereocenters. The van der Waals surface area contributed by atoms with E-state index in [0.717, 1.165) is 34.7 Å². The third-order valence-electron chi connectivity index (χ3n) is 7.21. The van der Waals surface area contributed by atoms with Gasteiger partial charge in [-0.1, -0.05) is 11.8 Å². The van der Waals surface area contributed by atoms with Crippen LogP contribution in [0.25, 0.3) is 0 Å². The first-order chi connectivity index (χ1) is 12.9. The molecule has 1 N–H and O–H groups in total. The van der Waals surface area contributed by atoms with Crippen molar-refractivity contribution in [3.05, 3.63) is 28.6 Å². The minimum absolute atomic E-state index is 0.0168. The first-order valence-electron chi connectivity index (χ1n) is 10.2. The molecule has 1 unspecified atom stereocenters. The minimum Gasteiger partial charge on any atom is -0.344 e. The Kier molecular flexibility index (Phi) is 4.96. The van der Waals surface area contributed by atoms with Gasteiger partial charge >= 0.3 is 0 Å². The zero-order chi connectivity index (χ0) is 19.2. The number of nitrogens with one attached hydrogen (secondary N) is 1. The summed E-state index contributed by atoms with van der Waals surface area (Å²) < 4.78 is 0. The molecule has 0 aromatic carbocycles. The van der Waals surface area contributed by atoms with E-state index >= 15 is 0 Å². The lowest BCUT2D eigenvalue weighted by Gasteiger charge is -2.59. The number of nitriles is 1. The summed E-state index contributed by atoms with van der Waals surface area (Å²) in [5.41, 5.74) is 3.47. The van der Waals surface area contributed by atoms with E-state index in [2.05, 4.69) is 23.3 Å². The lowest BCUT2D eigenvalue weighted by atomic mass is 9.48. The molecule has 0 aliphatic heterocycles. The van der Waals surface area contributed by atoms with Gasteiger partial charge in [0.1, 0.15) is 6.07 Å². The molecule has 144 valence electrons. The zero-order valence-corrected chi connectivity index (χ0v) is 17.4. The van der Waals surface area contributed by atoms with E-state index in [1.807, 2.05) is 19.9 Å². The SMILES string of the molecule is Cc1cc(C)c(C#N)c(CSC(=O)NC(C)C23CC4CC(CC(C4)C2)C3)n1. The Morgan fingerprint density at radius 3 is 2.44 bits per heavy atom. The van der Waals surface area contributed by atoms with Crippen molar-refractivity contribution in [3.63, 3.8) is 0 Å². The van der Waals surface area contributed by atoms with E-state index in [1.54, 1.807) is 0 Å². The summed E-state index contributed by atoms with van der Waals surface area (Å²) in [6, 6.07) is 4.39. The van der Waals surface area contributed by atoms with Gasteiger partial charge in [-0.15, -0.1) is 0 Å². The standard InChI is InChI=1S/C22H29N3OS/c1-13-4-14(2)24-20(19(13)11-23)12-27-21(26)25-15(3)22-8-16-5-17(9-22)7-18(6-16)10-22/h4,15-18H,5-10,12H2,1-3H3,(H,25,26). The molecule has 5 heteroatoms. The number of hydrogen-bond acceptors (Lipinski definition) is 4. The fourth-order valence-electron chi connectivity index (χ4n) is 6.38. The van der Waals surface area contributed by atoms with Crippen molar-refractivity contribution in [1.82, 2.24) is 10.3 Å². The van der Waals surface area contributed by atoms with Crippen LogP contribution in [0.4, 0.5) is 4.79 Å². The summed E-state index contributed by atoms with van der Waals surface area (Å²) >= 11 is 1.25. The number of aryl methyl sites for hydroxylation is 2. The highest BCUT2D eigenvalue weighted by Gasteiger charge is 2.53. The fourth-order valence-corrected chi connectivity index (χ4v) is 7.12. The van der Waals surface area contributed by atoms with E-state index in [0.29, 0.717) is 16.7 Å². The van der Waals surface area contributed by atoms with Crippen LogP contribution in [0.1, 0.15) is 68.0 Å². The molecule has 4 bridgehead atoms. The van der Waals surface area contributed by atoms with Gasteiger partial charge in [-0.25, -0.2) is 0 Å². The quantitative estimate of drug-likeness (QED) is 0.784. The van der Waals surface area contributed by atoms with E-state index in [9.17, 15) is 10.1 Å². The number of carbonyl (C=O) groups is 1. The van der Waals surface area contributed by atoms with E-state index in [4.69, 9.17) is 0 Å². The molecule has 5 rings (SSSR count). The highest BCUT2D eigenvalue weighted by atomic mass is 32.2. The molecule has 4 saturated carbocycles. The molecule has 1 aromatic heterocycles. The van der Waals surface area contributed by atoms with Gasteiger partial charge in [0.15, 0.2) is 0 Å². The van der Waals surface area contributed by atoms with Crippen molar-refractivity contribution >= 4 is 17.0 Å². The molecule has 1 amide bonds. The van der Waals surface area contributed by atoms with Crippen LogP contribution < -0.4 is 5.32 Å². The van der Waals surface area contributed by atoms with Crippen LogP contribution in [0.3, 0.4) is 0 Å². The highest BCUT2D eigenvalue weighted by molar-refractivity contribution is 8.12. The van der Waals surface area contributed by atoms with Crippen LogP contribution in [-0.4, -0.2) is 16.3 Å². The summed E-state index contributed by atoms with van der Waals surface area (Å²) in [6.07, 6.45) is 8.14. The van der Waals surface area contributed by atoms with Crippen molar-refractivity contribution < 1.29 is 4.79 Å². The maximum absolute atomic E-state index is 12.6. The number of amides is 1. The topological polar surface area (TPSA) is 65.8 Å². The monoisotopic (exact) mass is 383 g/mol. The predicted octanol–water partition coefficient (Wildman–Crippen LogP) is 5.12. The zero-order valence-electron chi connectivity index (χ0n) is 16.5. The number of rotatable bonds is 4. The number of pyridine rings is 1. The molecule has 1 heterocycles.